The van der Waals surface area contributed by atoms with Crippen LogP contribution in [0.2, 0.25) is 0 Å². The molecule has 0 unspecified atom stereocenters. The molecule has 0 saturated heterocycles. The molecule has 1 rings (SSSR count). The molecule has 0 radical (unpaired) electrons. The summed E-state index contributed by atoms with van der Waals surface area (Å²) >= 11 is 0. The molecule has 4 heteroatoms. The highest BCUT2D eigenvalue weighted by atomic mass is 16.4. The predicted molar refractivity (Wildman–Crippen MR) is 61.4 cm³/mol. The number of nitrogens with one attached hydrogen (secondary N) is 1. The van der Waals surface area contributed by atoms with Crippen LogP contribution in [0.4, 0.5) is 5.69 Å². The van der Waals surface area contributed by atoms with E-state index >= 15 is 0 Å². The zero-order valence-corrected chi connectivity index (χ0v) is 9.36. The van der Waals surface area contributed by atoms with Gasteiger partial charge in [0.2, 0.25) is 5.91 Å². The van der Waals surface area contributed by atoms with Crippen LogP contribution in [-0.4, -0.2) is 17.0 Å². The second kappa shape index (κ2) is 5.30. The molecule has 0 saturated carbocycles. The van der Waals surface area contributed by atoms with Crippen molar-refractivity contribution in [2.45, 2.75) is 26.2 Å². The van der Waals surface area contributed by atoms with E-state index in [0.717, 1.165) is 0 Å². The van der Waals surface area contributed by atoms with Crippen LogP contribution in [0.25, 0.3) is 0 Å². The van der Waals surface area contributed by atoms with Gasteiger partial charge in [-0.2, -0.15) is 0 Å². The van der Waals surface area contributed by atoms with Crippen LogP contribution in [0.1, 0.15) is 31.7 Å². The second-order valence-corrected chi connectivity index (χ2v) is 3.90. The van der Waals surface area contributed by atoms with Crippen LogP contribution in [0.5, 0.6) is 0 Å². The fraction of sp³-hybridized carbons (Fsp3) is 0.333. The highest BCUT2D eigenvalue weighted by Crippen LogP contribution is 2.17. The molecule has 16 heavy (non-hydrogen) atoms. The number of carbonyl (C=O) groups excluding carboxylic acids is 1. The SMILES string of the molecule is CC(C)c1ccc(NC(=O)CC(=O)O)cc1. The van der Waals surface area contributed by atoms with Gasteiger partial charge in [0.15, 0.2) is 0 Å². The van der Waals surface area contributed by atoms with Crippen LogP contribution in [0.15, 0.2) is 24.3 Å². The number of amides is 1. The summed E-state index contributed by atoms with van der Waals surface area (Å²) in [6, 6.07) is 7.38. The normalized spacial score (nSPS) is 10.2. The molecular formula is C12H15NO3. The van der Waals surface area contributed by atoms with Crippen molar-refractivity contribution in [1.29, 1.82) is 0 Å². The Hall–Kier alpha value is -1.84. The number of hydrogen-bond donors (Lipinski definition) is 2. The van der Waals surface area contributed by atoms with Crippen molar-refractivity contribution in [2.24, 2.45) is 0 Å². The van der Waals surface area contributed by atoms with Crippen molar-refractivity contribution < 1.29 is 14.7 Å². The van der Waals surface area contributed by atoms with E-state index in [4.69, 9.17) is 5.11 Å². The van der Waals surface area contributed by atoms with E-state index in [1.807, 2.05) is 12.1 Å². The fourth-order valence-corrected chi connectivity index (χ4v) is 1.29. The van der Waals surface area contributed by atoms with Crippen LogP contribution >= 0.6 is 0 Å². The first-order valence-electron chi connectivity index (χ1n) is 5.10. The summed E-state index contributed by atoms with van der Waals surface area (Å²) in [7, 11) is 0. The molecule has 0 heterocycles. The van der Waals surface area contributed by atoms with Crippen molar-refractivity contribution in [1.82, 2.24) is 0 Å². The number of benzene rings is 1. The maximum absolute atomic E-state index is 11.1. The van der Waals surface area contributed by atoms with Gasteiger partial charge in [-0.15, -0.1) is 0 Å². The lowest BCUT2D eigenvalue weighted by atomic mass is 10.0. The third-order valence-corrected chi connectivity index (χ3v) is 2.17. The van der Waals surface area contributed by atoms with E-state index in [0.29, 0.717) is 11.6 Å². The van der Waals surface area contributed by atoms with Gasteiger partial charge in [-0.25, -0.2) is 0 Å². The van der Waals surface area contributed by atoms with Crippen molar-refractivity contribution in [3.63, 3.8) is 0 Å². The molecule has 0 fully saturated rings. The lowest BCUT2D eigenvalue weighted by Crippen LogP contribution is -2.15. The van der Waals surface area contributed by atoms with E-state index < -0.39 is 18.3 Å². The predicted octanol–water partition coefficient (Wildman–Crippen LogP) is 2.22. The van der Waals surface area contributed by atoms with Gasteiger partial charge in [-0.1, -0.05) is 26.0 Å². The Bertz CT molecular complexity index is 382. The lowest BCUT2D eigenvalue weighted by Gasteiger charge is -2.07. The van der Waals surface area contributed by atoms with Crippen molar-refractivity contribution in [2.75, 3.05) is 5.32 Å². The molecule has 0 aliphatic carbocycles. The third kappa shape index (κ3) is 3.73. The monoisotopic (exact) mass is 221 g/mol. The minimum Gasteiger partial charge on any atom is -0.481 e. The van der Waals surface area contributed by atoms with Crippen LogP contribution in [0, 0.1) is 0 Å². The van der Waals surface area contributed by atoms with E-state index in [1.165, 1.54) is 5.56 Å². The Morgan fingerprint density at radius 3 is 2.25 bits per heavy atom. The third-order valence-electron chi connectivity index (χ3n) is 2.17. The van der Waals surface area contributed by atoms with Crippen molar-refractivity contribution in [3.8, 4) is 0 Å². The van der Waals surface area contributed by atoms with Gasteiger partial charge in [-0.05, 0) is 23.6 Å². The minimum absolute atomic E-state index is 0.434. The molecule has 4 nitrogen and oxygen atoms in total. The summed E-state index contributed by atoms with van der Waals surface area (Å²) in [5.74, 6) is -1.20. The summed E-state index contributed by atoms with van der Waals surface area (Å²) < 4.78 is 0. The van der Waals surface area contributed by atoms with Gasteiger partial charge < -0.3 is 10.4 Å². The largest absolute Gasteiger partial charge is 0.481 e. The molecular weight excluding hydrogens is 206 g/mol. The minimum atomic E-state index is -1.13. The highest BCUT2D eigenvalue weighted by Gasteiger charge is 2.07. The van der Waals surface area contributed by atoms with Crippen LogP contribution < -0.4 is 5.32 Å². The maximum Gasteiger partial charge on any atom is 0.312 e. The summed E-state index contributed by atoms with van der Waals surface area (Å²) in [6.07, 6.45) is -0.508. The Morgan fingerprint density at radius 2 is 1.81 bits per heavy atom. The summed E-state index contributed by atoms with van der Waals surface area (Å²) in [5, 5.41) is 10.9. The van der Waals surface area contributed by atoms with Gasteiger partial charge in [0.05, 0.1) is 0 Å². The van der Waals surface area contributed by atoms with Gasteiger partial charge in [-0.3, -0.25) is 9.59 Å². The maximum atomic E-state index is 11.1. The quantitative estimate of drug-likeness (QED) is 0.766. The van der Waals surface area contributed by atoms with Crippen molar-refractivity contribution in [3.05, 3.63) is 29.8 Å². The van der Waals surface area contributed by atoms with E-state index in [9.17, 15) is 9.59 Å². The van der Waals surface area contributed by atoms with Gasteiger partial charge >= 0.3 is 5.97 Å². The van der Waals surface area contributed by atoms with E-state index in [-0.39, 0.29) is 0 Å². The Kier molecular flexibility index (Phi) is 4.05. The standard InChI is InChI=1S/C12H15NO3/c1-8(2)9-3-5-10(6-4-9)13-11(14)7-12(15)16/h3-6,8H,7H2,1-2H3,(H,13,14)(H,15,16). The molecule has 0 aliphatic rings. The molecule has 86 valence electrons. The Morgan fingerprint density at radius 1 is 1.25 bits per heavy atom. The molecule has 0 spiro atoms. The molecule has 1 aromatic rings. The molecule has 0 aromatic heterocycles. The van der Waals surface area contributed by atoms with Gasteiger partial charge in [0, 0.05) is 5.69 Å². The van der Waals surface area contributed by atoms with Gasteiger partial charge in [0.25, 0.3) is 0 Å². The average molecular weight is 221 g/mol. The summed E-state index contributed by atoms with van der Waals surface area (Å²) in [6.45, 7) is 4.16. The number of rotatable bonds is 4. The molecule has 1 aromatic carbocycles. The first-order valence-corrected chi connectivity index (χ1v) is 5.10. The molecule has 0 aliphatic heterocycles. The summed E-state index contributed by atoms with van der Waals surface area (Å²) in [4.78, 5) is 21.4. The van der Waals surface area contributed by atoms with Crippen LogP contribution in [0.3, 0.4) is 0 Å². The molecule has 2 N–H and O–H groups in total. The van der Waals surface area contributed by atoms with Gasteiger partial charge in [0.1, 0.15) is 6.42 Å². The molecule has 0 bridgehead atoms. The van der Waals surface area contributed by atoms with Crippen LogP contribution in [-0.2, 0) is 9.59 Å². The molecule has 1 amide bonds. The summed E-state index contributed by atoms with van der Waals surface area (Å²) in [5.41, 5.74) is 1.80. The Balaban J connectivity index is 2.62. The lowest BCUT2D eigenvalue weighted by molar-refractivity contribution is -0.139. The second-order valence-electron chi connectivity index (χ2n) is 3.90. The number of carboxylic acids is 1. The van der Waals surface area contributed by atoms with E-state index in [2.05, 4.69) is 19.2 Å². The fourth-order valence-electron chi connectivity index (χ4n) is 1.29. The number of carbonyl (C=O) groups is 2. The Labute approximate surface area is 94.3 Å². The van der Waals surface area contributed by atoms with E-state index in [1.54, 1.807) is 12.1 Å². The highest BCUT2D eigenvalue weighted by molar-refractivity contribution is 6.01. The number of carboxylic acid groups (broad SMARTS) is 1. The number of aliphatic carboxylic acids is 1. The number of hydrogen-bond acceptors (Lipinski definition) is 2. The first-order chi connectivity index (χ1) is 7.49. The average Bonchev–Trinajstić information content (AvgIpc) is 2.16. The van der Waals surface area contributed by atoms with Crippen molar-refractivity contribution >= 4 is 17.6 Å². The number of anilines is 1. The topological polar surface area (TPSA) is 66.4 Å². The molecule has 0 atom stereocenters. The zero-order valence-electron chi connectivity index (χ0n) is 9.36. The zero-order chi connectivity index (χ0) is 12.1. The smallest absolute Gasteiger partial charge is 0.312 e. The first kappa shape index (κ1) is 12.2.